The van der Waals surface area contributed by atoms with Crippen LogP contribution in [0.15, 0.2) is 132 Å². The van der Waals surface area contributed by atoms with Crippen LogP contribution in [-0.2, 0) is 19.2 Å². The molecule has 340 valence electrons. The number of thioether (sulfide) groups is 1. The molecule has 2 aliphatic carbocycles. The third-order valence-electron chi connectivity index (χ3n) is 13.6. The molecule has 4 aromatic carbocycles. The number of nitrogens with one attached hydrogen (secondary N) is 3. The van der Waals surface area contributed by atoms with E-state index in [1.807, 2.05) is 76.7 Å². The lowest BCUT2D eigenvalue weighted by Gasteiger charge is -2.32. The number of H-pyrrole nitrogens is 1. The van der Waals surface area contributed by atoms with Crippen molar-refractivity contribution in [3.63, 3.8) is 0 Å². The summed E-state index contributed by atoms with van der Waals surface area (Å²) in [4.78, 5) is 69.1. The van der Waals surface area contributed by atoms with Crippen LogP contribution in [-0.4, -0.2) is 62.5 Å². The highest BCUT2D eigenvalue weighted by Gasteiger charge is 2.41. The average molecular weight is 901 g/mol. The largest absolute Gasteiger partial charge is 0.340 e. The minimum Gasteiger partial charge on any atom is -0.340 e. The number of amides is 4. The fourth-order valence-corrected chi connectivity index (χ4v) is 10.7. The van der Waals surface area contributed by atoms with E-state index < -0.39 is 12.1 Å². The van der Waals surface area contributed by atoms with Crippen LogP contribution in [0.2, 0.25) is 0 Å². The van der Waals surface area contributed by atoms with Crippen LogP contribution >= 0.6 is 11.8 Å². The van der Waals surface area contributed by atoms with Gasteiger partial charge in [0.1, 0.15) is 17.9 Å². The van der Waals surface area contributed by atoms with Crippen molar-refractivity contribution < 1.29 is 19.2 Å². The number of benzene rings is 4. The SMILES string of the molecule is CC=C(SC(=C(C)CC)C1CCCN1C(=O)C(NC(=O)C1CC1)c1ccccc1)c1ccc(-c2ccc(-c3cnc(C4CCCN4C(=O)C(NC(=O)C4CC4)c4ccccc4)[nH]3)cc2)cc1. The van der Waals surface area contributed by atoms with Gasteiger partial charge in [0.05, 0.1) is 24.0 Å². The minimum atomic E-state index is -0.730. The second-order valence-electron chi connectivity index (χ2n) is 18.2. The first-order chi connectivity index (χ1) is 32.2. The van der Waals surface area contributed by atoms with E-state index >= 15 is 0 Å². The Morgan fingerprint density at radius 1 is 0.697 bits per heavy atom. The molecule has 4 atom stereocenters. The average Bonchev–Trinajstić information content (AvgIpc) is 4.24. The van der Waals surface area contributed by atoms with Gasteiger partial charge in [-0.25, -0.2) is 4.98 Å². The van der Waals surface area contributed by atoms with E-state index in [4.69, 9.17) is 4.98 Å². The van der Waals surface area contributed by atoms with Gasteiger partial charge in [0.25, 0.3) is 0 Å². The molecule has 4 aliphatic rings. The Morgan fingerprint density at radius 2 is 1.21 bits per heavy atom. The molecule has 9 rings (SSSR count). The molecule has 2 saturated heterocycles. The van der Waals surface area contributed by atoms with Gasteiger partial charge in [0.15, 0.2) is 0 Å². The minimum absolute atomic E-state index is 0.00147. The Bertz CT molecular complexity index is 2600. The van der Waals surface area contributed by atoms with Crippen LogP contribution < -0.4 is 10.6 Å². The van der Waals surface area contributed by atoms with E-state index in [0.717, 1.165) is 108 Å². The molecule has 3 N–H and O–H groups in total. The predicted octanol–water partition coefficient (Wildman–Crippen LogP) is 10.7. The van der Waals surface area contributed by atoms with Crippen LogP contribution in [0.5, 0.6) is 0 Å². The van der Waals surface area contributed by atoms with Gasteiger partial charge in [0, 0.05) is 34.7 Å². The second kappa shape index (κ2) is 20.1. The normalized spacial score (nSPS) is 19.8. The predicted molar refractivity (Wildman–Crippen MR) is 262 cm³/mol. The number of carbonyl (C=O) groups excluding carboxylic acids is 4. The number of carbonyl (C=O) groups is 4. The molecule has 0 spiro atoms. The molecule has 10 nitrogen and oxygen atoms in total. The van der Waals surface area contributed by atoms with Gasteiger partial charge < -0.3 is 25.4 Å². The van der Waals surface area contributed by atoms with Gasteiger partial charge in [-0.15, -0.1) is 0 Å². The van der Waals surface area contributed by atoms with Crippen molar-refractivity contribution in [2.75, 3.05) is 13.1 Å². The molecule has 11 heteroatoms. The highest BCUT2D eigenvalue weighted by molar-refractivity contribution is 8.11. The standard InChI is InChI=1S/C55H60N6O4S/c1-4-35(3)50(45-18-12-32-60(45)54(64)48(40-14-8-6-9-15-40)58-52(62)42-28-29-42)66-47(5-2)39-26-22-37(23-27-39)36-20-24-38(25-21-36)44-34-56-51(57-44)46-19-13-33-61(46)55(65)49(41-16-10-7-11-17-41)59-53(63)43-30-31-43/h5-11,14-17,20-27,34,42-43,45-46,48-49H,4,12-13,18-19,28-33H2,1-3H3,(H,56,57)(H,58,62)(H,59,63). The molecule has 5 aromatic rings. The Labute approximate surface area is 392 Å². The summed E-state index contributed by atoms with van der Waals surface area (Å²) in [6.07, 6.45) is 11.8. The number of allylic oxidation sites excluding steroid dienone is 2. The number of nitrogens with zero attached hydrogens (tertiary/aromatic N) is 3. The zero-order chi connectivity index (χ0) is 45.7. The third-order valence-corrected chi connectivity index (χ3v) is 15.2. The van der Waals surface area contributed by atoms with Crippen molar-refractivity contribution in [2.45, 2.75) is 103 Å². The first-order valence-corrected chi connectivity index (χ1v) is 24.6. The number of likely N-dealkylation sites (tertiary alicyclic amines) is 2. The smallest absolute Gasteiger partial charge is 0.250 e. The number of rotatable bonds is 16. The number of hydrogen-bond donors (Lipinski definition) is 3. The first-order valence-electron chi connectivity index (χ1n) is 23.8. The summed E-state index contributed by atoms with van der Waals surface area (Å²) in [5.41, 5.74) is 8.07. The summed E-state index contributed by atoms with van der Waals surface area (Å²) in [6.45, 7) is 7.70. The molecule has 2 saturated carbocycles. The summed E-state index contributed by atoms with van der Waals surface area (Å²) in [5.74, 6) is 0.540. The molecule has 0 radical (unpaired) electrons. The molecule has 4 unspecified atom stereocenters. The van der Waals surface area contributed by atoms with Crippen molar-refractivity contribution in [1.82, 2.24) is 30.4 Å². The van der Waals surface area contributed by atoms with Crippen molar-refractivity contribution in [2.24, 2.45) is 11.8 Å². The maximum Gasteiger partial charge on any atom is 0.250 e. The lowest BCUT2D eigenvalue weighted by molar-refractivity contribution is -0.138. The Morgan fingerprint density at radius 3 is 1.76 bits per heavy atom. The molecular weight excluding hydrogens is 841 g/mol. The zero-order valence-electron chi connectivity index (χ0n) is 38.2. The van der Waals surface area contributed by atoms with E-state index in [1.165, 1.54) is 10.5 Å². The van der Waals surface area contributed by atoms with Crippen LogP contribution in [0.4, 0.5) is 0 Å². The van der Waals surface area contributed by atoms with E-state index in [2.05, 4.69) is 91.0 Å². The number of hydrogen-bond acceptors (Lipinski definition) is 6. The second-order valence-corrected chi connectivity index (χ2v) is 19.3. The molecule has 3 heterocycles. The quantitative estimate of drug-likeness (QED) is 0.0905. The Kier molecular flexibility index (Phi) is 13.7. The Hall–Kier alpha value is -6.20. The fourth-order valence-electron chi connectivity index (χ4n) is 9.37. The van der Waals surface area contributed by atoms with Crippen LogP contribution in [0, 0.1) is 11.8 Å². The summed E-state index contributed by atoms with van der Waals surface area (Å²) >= 11 is 1.76. The Balaban J connectivity index is 0.868. The number of imidazole rings is 1. The fraction of sp³-hybridized carbons (Fsp3) is 0.364. The molecule has 4 amide bonds. The van der Waals surface area contributed by atoms with E-state index in [-0.39, 0.29) is 47.5 Å². The highest BCUT2D eigenvalue weighted by Crippen LogP contribution is 2.43. The van der Waals surface area contributed by atoms with Gasteiger partial charge in [-0.1, -0.05) is 140 Å². The van der Waals surface area contributed by atoms with Crippen LogP contribution in [0.3, 0.4) is 0 Å². The summed E-state index contributed by atoms with van der Waals surface area (Å²) in [6, 6.07) is 34.6. The van der Waals surface area contributed by atoms with Gasteiger partial charge in [0.2, 0.25) is 23.6 Å². The summed E-state index contributed by atoms with van der Waals surface area (Å²) in [5, 5.41) is 6.18. The maximum atomic E-state index is 14.5. The molecule has 2 aliphatic heterocycles. The molecule has 66 heavy (non-hydrogen) atoms. The summed E-state index contributed by atoms with van der Waals surface area (Å²) in [7, 11) is 0. The third kappa shape index (κ3) is 9.96. The molecular formula is C55H60N6O4S. The number of aromatic amines is 1. The van der Waals surface area contributed by atoms with Gasteiger partial charge in [-0.3, -0.25) is 19.2 Å². The van der Waals surface area contributed by atoms with Crippen LogP contribution in [0.25, 0.3) is 27.3 Å². The van der Waals surface area contributed by atoms with E-state index in [1.54, 1.807) is 11.8 Å². The van der Waals surface area contributed by atoms with E-state index in [0.29, 0.717) is 13.1 Å². The molecule has 0 bridgehead atoms. The van der Waals surface area contributed by atoms with E-state index in [9.17, 15) is 19.2 Å². The summed E-state index contributed by atoms with van der Waals surface area (Å²) < 4.78 is 0. The topological polar surface area (TPSA) is 128 Å². The molecule has 4 fully saturated rings. The zero-order valence-corrected chi connectivity index (χ0v) is 39.0. The maximum absolute atomic E-state index is 14.5. The van der Waals surface area contributed by atoms with Crippen molar-refractivity contribution in [3.8, 4) is 22.4 Å². The molecule has 1 aromatic heterocycles. The van der Waals surface area contributed by atoms with Crippen molar-refractivity contribution in [3.05, 3.63) is 154 Å². The highest BCUT2D eigenvalue weighted by atomic mass is 32.2. The lowest BCUT2D eigenvalue weighted by Crippen LogP contribution is -2.45. The lowest BCUT2D eigenvalue weighted by atomic mass is 10.0. The number of aromatic nitrogens is 2. The van der Waals surface area contributed by atoms with Crippen molar-refractivity contribution in [1.29, 1.82) is 0 Å². The first kappa shape index (κ1) is 45.0. The monoisotopic (exact) mass is 900 g/mol. The van der Waals surface area contributed by atoms with Gasteiger partial charge in [-0.05, 0) is 105 Å². The van der Waals surface area contributed by atoms with Crippen LogP contribution in [0.1, 0.15) is 119 Å². The van der Waals surface area contributed by atoms with Gasteiger partial charge >= 0.3 is 0 Å². The van der Waals surface area contributed by atoms with Crippen molar-refractivity contribution >= 4 is 40.3 Å². The van der Waals surface area contributed by atoms with Gasteiger partial charge in [-0.2, -0.15) is 0 Å².